The average molecular weight is 141 g/mol. The molecule has 0 amide bonds. The van der Waals surface area contributed by atoms with Crippen molar-refractivity contribution >= 4 is 22.5 Å². The standard InChI is InChI=1S/C6H5S2/c7-8-6-4-2-1-3-5-6/h1-4,7H. The summed E-state index contributed by atoms with van der Waals surface area (Å²) in [7, 11) is 1.41. The summed E-state index contributed by atoms with van der Waals surface area (Å²) in [6, 6.07) is 10.8. The maximum Gasteiger partial charge on any atom is 0.0259 e. The van der Waals surface area contributed by atoms with Crippen LogP contribution >= 0.6 is 22.5 Å². The van der Waals surface area contributed by atoms with Gasteiger partial charge in [0.05, 0.1) is 0 Å². The van der Waals surface area contributed by atoms with Crippen molar-refractivity contribution in [1.29, 1.82) is 0 Å². The van der Waals surface area contributed by atoms with E-state index in [0.717, 1.165) is 4.90 Å². The first-order valence-corrected chi connectivity index (χ1v) is 4.08. The molecule has 0 aliphatic rings. The van der Waals surface area contributed by atoms with E-state index in [1.165, 1.54) is 10.8 Å². The van der Waals surface area contributed by atoms with Crippen LogP contribution in [0.3, 0.4) is 0 Å². The van der Waals surface area contributed by atoms with Crippen molar-refractivity contribution in [2.45, 2.75) is 4.90 Å². The van der Waals surface area contributed by atoms with Crippen LogP contribution in [0.1, 0.15) is 0 Å². The highest BCUT2D eigenvalue weighted by Gasteiger charge is 1.82. The summed E-state index contributed by atoms with van der Waals surface area (Å²) in [4.78, 5) is 1.07. The van der Waals surface area contributed by atoms with Gasteiger partial charge in [0.2, 0.25) is 0 Å². The second-order valence-electron chi connectivity index (χ2n) is 1.32. The highest BCUT2D eigenvalue weighted by atomic mass is 33.1. The Kier molecular flexibility index (Phi) is 2.30. The van der Waals surface area contributed by atoms with Crippen molar-refractivity contribution in [2.75, 3.05) is 0 Å². The third kappa shape index (κ3) is 1.46. The number of benzene rings is 1. The quantitative estimate of drug-likeness (QED) is 0.463. The minimum atomic E-state index is 1.07. The van der Waals surface area contributed by atoms with Crippen LogP contribution < -0.4 is 0 Å². The van der Waals surface area contributed by atoms with Gasteiger partial charge in [-0.3, -0.25) is 0 Å². The molecule has 0 spiro atoms. The molecule has 0 heterocycles. The Morgan fingerprint density at radius 1 is 1.50 bits per heavy atom. The number of rotatable bonds is 1. The van der Waals surface area contributed by atoms with Crippen LogP contribution in [0.4, 0.5) is 0 Å². The van der Waals surface area contributed by atoms with Crippen LogP contribution in [-0.2, 0) is 0 Å². The third-order valence-corrected chi connectivity index (χ3v) is 1.82. The van der Waals surface area contributed by atoms with Crippen molar-refractivity contribution in [3.05, 3.63) is 30.3 Å². The Morgan fingerprint density at radius 2 is 2.38 bits per heavy atom. The Bertz CT molecular complexity index is 148. The molecule has 0 atom stereocenters. The van der Waals surface area contributed by atoms with Crippen molar-refractivity contribution < 1.29 is 0 Å². The zero-order chi connectivity index (χ0) is 5.82. The van der Waals surface area contributed by atoms with Gasteiger partial charge in [-0.15, -0.1) is 11.7 Å². The molecule has 0 fully saturated rings. The molecule has 1 rings (SSSR count). The van der Waals surface area contributed by atoms with Gasteiger partial charge >= 0.3 is 0 Å². The lowest BCUT2D eigenvalue weighted by Gasteiger charge is -1.87. The first-order valence-electron chi connectivity index (χ1n) is 2.21. The smallest absolute Gasteiger partial charge is 0.0259 e. The fourth-order valence-electron chi connectivity index (χ4n) is 0.434. The van der Waals surface area contributed by atoms with E-state index in [4.69, 9.17) is 0 Å². The minimum Gasteiger partial charge on any atom is -0.106 e. The maximum absolute atomic E-state index is 4.00. The normalized spacial score (nSPS) is 9.12. The van der Waals surface area contributed by atoms with Crippen molar-refractivity contribution in [3.63, 3.8) is 0 Å². The molecular weight excluding hydrogens is 136 g/mol. The van der Waals surface area contributed by atoms with E-state index < -0.39 is 0 Å². The van der Waals surface area contributed by atoms with Crippen LogP contribution in [0.15, 0.2) is 29.2 Å². The number of hydrogen-bond donors (Lipinski definition) is 1. The lowest BCUT2D eigenvalue weighted by atomic mass is 10.4. The molecule has 0 aromatic heterocycles. The van der Waals surface area contributed by atoms with E-state index in [1.807, 2.05) is 24.3 Å². The number of hydrogen-bond acceptors (Lipinski definition) is 2. The molecule has 8 heavy (non-hydrogen) atoms. The molecule has 1 aromatic carbocycles. The summed E-state index contributed by atoms with van der Waals surface area (Å²) in [5.74, 6) is 0. The molecule has 1 radical (unpaired) electrons. The molecule has 0 bridgehead atoms. The largest absolute Gasteiger partial charge is 0.106 e. The van der Waals surface area contributed by atoms with Gasteiger partial charge in [0.25, 0.3) is 0 Å². The summed E-state index contributed by atoms with van der Waals surface area (Å²) in [5, 5.41) is 0. The molecular formula is C6H5S2. The Hall–Kier alpha value is -0.0800. The van der Waals surface area contributed by atoms with E-state index in [9.17, 15) is 0 Å². The van der Waals surface area contributed by atoms with Gasteiger partial charge in [0.15, 0.2) is 0 Å². The summed E-state index contributed by atoms with van der Waals surface area (Å²) in [6.07, 6.45) is 0. The predicted molar refractivity (Wildman–Crippen MR) is 40.1 cm³/mol. The molecule has 0 saturated heterocycles. The lowest BCUT2D eigenvalue weighted by molar-refractivity contribution is 1.46. The molecule has 0 nitrogen and oxygen atoms in total. The van der Waals surface area contributed by atoms with Crippen LogP contribution in [0.2, 0.25) is 0 Å². The van der Waals surface area contributed by atoms with Gasteiger partial charge < -0.3 is 0 Å². The molecule has 0 N–H and O–H groups in total. The Morgan fingerprint density at radius 3 is 2.75 bits per heavy atom. The van der Waals surface area contributed by atoms with Gasteiger partial charge in [-0.25, -0.2) is 0 Å². The van der Waals surface area contributed by atoms with Crippen LogP contribution in [0.25, 0.3) is 0 Å². The monoisotopic (exact) mass is 141 g/mol. The number of thiol groups is 1. The van der Waals surface area contributed by atoms with Crippen LogP contribution in [0, 0.1) is 6.07 Å². The van der Waals surface area contributed by atoms with Crippen LogP contribution in [0.5, 0.6) is 0 Å². The predicted octanol–water partition coefficient (Wildman–Crippen LogP) is 2.42. The van der Waals surface area contributed by atoms with Gasteiger partial charge in [0, 0.05) is 4.90 Å². The van der Waals surface area contributed by atoms with E-state index in [2.05, 4.69) is 17.7 Å². The highest BCUT2D eigenvalue weighted by molar-refractivity contribution is 8.68. The Balaban J connectivity index is 2.83. The molecule has 0 aliphatic heterocycles. The first-order chi connectivity index (χ1) is 3.93. The van der Waals surface area contributed by atoms with Gasteiger partial charge in [-0.2, -0.15) is 0 Å². The molecule has 0 saturated carbocycles. The molecule has 0 unspecified atom stereocenters. The van der Waals surface area contributed by atoms with E-state index in [1.54, 1.807) is 0 Å². The molecule has 2 heteroatoms. The molecule has 0 aliphatic carbocycles. The van der Waals surface area contributed by atoms with Crippen molar-refractivity contribution in [3.8, 4) is 0 Å². The summed E-state index contributed by atoms with van der Waals surface area (Å²) < 4.78 is 0. The van der Waals surface area contributed by atoms with E-state index in [-0.39, 0.29) is 0 Å². The summed E-state index contributed by atoms with van der Waals surface area (Å²) >= 11 is 4.00. The zero-order valence-corrected chi connectivity index (χ0v) is 5.88. The van der Waals surface area contributed by atoms with E-state index >= 15 is 0 Å². The highest BCUT2D eigenvalue weighted by Crippen LogP contribution is 2.18. The fourth-order valence-corrected chi connectivity index (χ4v) is 1.03. The topological polar surface area (TPSA) is 0 Å². The molecule has 1 aromatic rings. The van der Waals surface area contributed by atoms with Gasteiger partial charge in [-0.05, 0) is 12.1 Å². The zero-order valence-electron chi connectivity index (χ0n) is 4.16. The summed E-state index contributed by atoms with van der Waals surface area (Å²) in [6.45, 7) is 0. The first kappa shape index (κ1) is 6.05. The second kappa shape index (κ2) is 3.05. The molecule has 41 valence electrons. The van der Waals surface area contributed by atoms with E-state index in [0.29, 0.717) is 0 Å². The summed E-state index contributed by atoms with van der Waals surface area (Å²) in [5.41, 5.74) is 0. The third-order valence-electron chi connectivity index (χ3n) is 0.779. The Labute approximate surface area is 58.1 Å². The SMILES string of the molecule is SSc1[c]cccc1. The van der Waals surface area contributed by atoms with Crippen LogP contribution in [-0.4, -0.2) is 0 Å². The fraction of sp³-hybridized carbons (Fsp3) is 0. The minimum absolute atomic E-state index is 1.07. The maximum atomic E-state index is 4.00. The van der Waals surface area contributed by atoms with Crippen molar-refractivity contribution in [2.24, 2.45) is 0 Å². The lowest BCUT2D eigenvalue weighted by Crippen LogP contribution is -1.61. The van der Waals surface area contributed by atoms with Gasteiger partial charge in [0.1, 0.15) is 0 Å². The average Bonchev–Trinajstić information content (AvgIpc) is 1.90. The second-order valence-corrected chi connectivity index (χ2v) is 2.49. The van der Waals surface area contributed by atoms with Crippen molar-refractivity contribution in [1.82, 2.24) is 0 Å². The van der Waals surface area contributed by atoms with Gasteiger partial charge in [-0.1, -0.05) is 29.0 Å².